The van der Waals surface area contributed by atoms with Crippen molar-refractivity contribution in [1.82, 2.24) is 10.2 Å². The molecule has 88 valence electrons. The molecule has 0 spiro atoms. The fourth-order valence-corrected chi connectivity index (χ4v) is 1.41. The Morgan fingerprint density at radius 2 is 2.00 bits per heavy atom. The Morgan fingerprint density at radius 3 is 2.56 bits per heavy atom. The van der Waals surface area contributed by atoms with Crippen LogP contribution in [0.3, 0.4) is 0 Å². The summed E-state index contributed by atoms with van der Waals surface area (Å²) in [6, 6.07) is 7.83. The van der Waals surface area contributed by atoms with Crippen molar-refractivity contribution in [3.63, 3.8) is 0 Å². The van der Waals surface area contributed by atoms with E-state index in [0.29, 0.717) is 6.54 Å². The fraction of sp³-hybridized carbons (Fsp3) is 0.417. The van der Waals surface area contributed by atoms with E-state index in [2.05, 4.69) is 5.32 Å². The van der Waals surface area contributed by atoms with Crippen LogP contribution >= 0.6 is 0 Å². The zero-order valence-corrected chi connectivity index (χ0v) is 9.86. The summed E-state index contributed by atoms with van der Waals surface area (Å²) in [5.41, 5.74) is 7.62. The smallest absolute Gasteiger partial charge is 0.233 e. The van der Waals surface area contributed by atoms with Gasteiger partial charge in [-0.15, -0.1) is 0 Å². The van der Waals surface area contributed by atoms with Crippen LogP contribution in [0.5, 0.6) is 0 Å². The molecule has 1 amide bonds. The van der Waals surface area contributed by atoms with E-state index in [1.54, 1.807) is 7.05 Å². The minimum atomic E-state index is 0.0415. The molecule has 0 heterocycles. The van der Waals surface area contributed by atoms with Gasteiger partial charge in [0.15, 0.2) is 0 Å². The molecule has 0 aliphatic heterocycles. The molecule has 1 aromatic carbocycles. The number of nitrogens with one attached hydrogen (secondary N) is 1. The number of anilines is 1. The third-order valence-electron chi connectivity index (χ3n) is 2.45. The zero-order valence-electron chi connectivity index (χ0n) is 9.86. The second-order valence-electron chi connectivity index (χ2n) is 3.90. The molecule has 0 radical (unpaired) electrons. The molecule has 0 bridgehead atoms. The number of rotatable bonds is 5. The summed E-state index contributed by atoms with van der Waals surface area (Å²) in [6.07, 6.45) is 0.924. The number of carbonyl (C=O) groups excluding carboxylic acids is 1. The Morgan fingerprint density at radius 1 is 1.38 bits per heavy atom. The van der Waals surface area contributed by atoms with Crippen LogP contribution in [0, 0.1) is 0 Å². The van der Waals surface area contributed by atoms with E-state index in [1.165, 1.54) is 5.56 Å². The fourth-order valence-electron chi connectivity index (χ4n) is 1.41. The summed E-state index contributed by atoms with van der Waals surface area (Å²) >= 11 is 0. The first-order valence-electron chi connectivity index (χ1n) is 5.35. The van der Waals surface area contributed by atoms with Crippen molar-refractivity contribution >= 4 is 11.6 Å². The predicted molar refractivity (Wildman–Crippen MR) is 66.1 cm³/mol. The minimum absolute atomic E-state index is 0.0415. The van der Waals surface area contributed by atoms with Crippen molar-refractivity contribution in [3.8, 4) is 0 Å². The van der Waals surface area contributed by atoms with Crippen molar-refractivity contribution < 1.29 is 4.79 Å². The monoisotopic (exact) mass is 221 g/mol. The number of hydrogen-bond acceptors (Lipinski definition) is 3. The maximum atomic E-state index is 11.1. The molecule has 1 aromatic rings. The second-order valence-corrected chi connectivity index (χ2v) is 3.90. The quantitative estimate of drug-likeness (QED) is 0.711. The number of nitrogens with zero attached hydrogens (tertiary/aromatic N) is 1. The largest absolute Gasteiger partial charge is 0.399 e. The van der Waals surface area contributed by atoms with Crippen LogP contribution in [-0.2, 0) is 11.2 Å². The van der Waals surface area contributed by atoms with Gasteiger partial charge in [-0.1, -0.05) is 12.1 Å². The Hall–Kier alpha value is -1.55. The normalized spacial score (nSPS) is 10.4. The van der Waals surface area contributed by atoms with E-state index < -0.39 is 0 Å². The molecule has 3 N–H and O–H groups in total. The zero-order chi connectivity index (χ0) is 12.0. The van der Waals surface area contributed by atoms with Crippen LogP contribution in [-0.4, -0.2) is 38.0 Å². The lowest BCUT2D eigenvalue weighted by atomic mass is 10.1. The summed E-state index contributed by atoms with van der Waals surface area (Å²) < 4.78 is 0. The first-order chi connectivity index (χ1) is 7.61. The molecule has 0 aromatic heterocycles. The number of amides is 1. The standard InChI is InChI=1S/C12H19N3O/c1-14-12(16)9-15(2)8-7-10-3-5-11(13)6-4-10/h3-6H,7-9,13H2,1-2H3,(H,14,16). The topological polar surface area (TPSA) is 58.4 Å². The van der Waals surface area contributed by atoms with Crippen molar-refractivity contribution in [2.45, 2.75) is 6.42 Å². The highest BCUT2D eigenvalue weighted by atomic mass is 16.1. The van der Waals surface area contributed by atoms with Crippen LogP contribution in [0.4, 0.5) is 5.69 Å². The van der Waals surface area contributed by atoms with Gasteiger partial charge in [0.1, 0.15) is 0 Å². The molecule has 0 atom stereocenters. The van der Waals surface area contributed by atoms with Gasteiger partial charge in [-0.25, -0.2) is 0 Å². The lowest BCUT2D eigenvalue weighted by molar-refractivity contribution is -0.121. The van der Waals surface area contributed by atoms with Gasteiger partial charge in [0.05, 0.1) is 6.54 Å². The highest BCUT2D eigenvalue weighted by Gasteiger charge is 2.04. The van der Waals surface area contributed by atoms with Gasteiger partial charge in [0.2, 0.25) is 5.91 Å². The molecule has 0 saturated carbocycles. The van der Waals surface area contributed by atoms with Gasteiger partial charge >= 0.3 is 0 Å². The minimum Gasteiger partial charge on any atom is -0.399 e. The first kappa shape index (κ1) is 12.5. The average Bonchev–Trinajstić information content (AvgIpc) is 2.28. The Balaban J connectivity index is 2.34. The molecule has 4 heteroatoms. The van der Waals surface area contributed by atoms with Gasteiger partial charge in [-0.05, 0) is 31.2 Å². The van der Waals surface area contributed by atoms with E-state index in [1.807, 2.05) is 36.2 Å². The maximum absolute atomic E-state index is 11.1. The van der Waals surface area contributed by atoms with E-state index in [9.17, 15) is 4.79 Å². The highest BCUT2D eigenvalue weighted by molar-refractivity contribution is 5.77. The van der Waals surface area contributed by atoms with Gasteiger partial charge in [0, 0.05) is 19.3 Å². The van der Waals surface area contributed by atoms with E-state index in [0.717, 1.165) is 18.7 Å². The molecule has 4 nitrogen and oxygen atoms in total. The van der Waals surface area contributed by atoms with Crippen LogP contribution in [0.25, 0.3) is 0 Å². The molecular formula is C12H19N3O. The number of nitrogens with two attached hydrogens (primary N) is 1. The molecule has 0 aliphatic carbocycles. The first-order valence-corrected chi connectivity index (χ1v) is 5.35. The number of hydrogen-bond donors (Lipinski definition) is 2. The van der Waals surface area contributed by atoms with Gasteiger partial charge < -0.3 is 11.1 Å². The summed E-state index contributed by atoms with van der Waals surface area (Å²) in [5, 5.41) is 2.60. The SMILES string of the molecule is CNC(=O)CN(C)CCc1ccc(N)cc1. The Bertz CT molecular complexity index is 335. The summed E-state index contributed by atoms with van der Waals surface area (Å²) in [4.78, 5) is 13.1. The third-order valence-corrected chi connectivity index (χ3v) is 2.45. The molecule has 0 fully saturated rings. The summed E-state index contributed by atoms with van der Waals surface area (Å²) in [7, 11) is 3.59. The van der Waals surface area contributed by atoms with Gasteiger partial charge in [-0.2, -0.15) is 0 Å². The molecule has 0 saturated heterocycles. The molecule has 0 aliphatic rings. The van der Waals surface area contributed by atoms with Crippen molar-refractivity contribution in [3.05, 3.63) is 29.8 Å². The molecule has 1 rings (SSSR count). The number of likely N-dealkylation sites (N-methyl/N-ethyl adjacent to an activating group) is 2. The average molecular weight is 221 g/mol. The van der Waals surface area contributed by atoms with Crippen LogP contribution < -0.4 is 11.1 Å². The molecular weight excluding hydrogens is 202 g/mol. The van der Waals surface area contributed by atoms with Crippen LogP contribution in [0.15, 0.2) is 24.3 Å². The van der Waals surface area contributed by atoms with Crippen molar-refractivity contribution in [2.24, 2.45) is 0 Å². The molecule has 0 unspecified atom stereocenters. The van der Waals surface area contributed by atoms with E-state index in [-0.39, 0.29) is 5.91 Å². The molecule has 16 heavy (non-hydrogen) atoms. The predicted octanol–water partition coefficient (Wildman–Crippen LogP) is 0.489. The third kappa shape index (κ3) is 4.31. The van der Waals surface area contributed by atoms with E-state index >= 15 is 0 Å². The lowest BCUT2D eigenvalue weighted by Crippen LogP contribution is -2.34. The van der Waals surface area contributed by atoms with Crippen molar-refractivity contribution in [1.29, 1.82) is 0 Å². The Labute approximate surface area is 96.4 Å². The van der Waals surface area contributed by atoms with Gasteiger partial charge in [0.25, 0.3) is 0 Å². The maximum Gasteiger partial charge on any atom is 0.233 e. The number of nitrogen functional groups attached to an aromatic ring is 1. The second kappa shape index (κ2) is 6.12. The van der Waals surface area contributed by atoms with Crippen molar-refractivity contribution in [2.75, 3.05) is 32.9 Å². The number of carbonyl (C=O) groups is 1. The highest BCUT2D eigenvalue weighted by Crippen LogP contribution is 2.06. The number of benzene rings is 1. The van der Waals surface area contributed by atoms with Crippen LogP contribution in [0.1, 0.15) is 5.56 Å². The summed E-state index contributed by atoms with van der Waals surface area (Å²) in [5.74, 6) is 0.0415. The van der Waals surface area contributed by atoms with Gasteiger partial charge in [-0.3, -0.25) is 9.69 Å². The lowest BCUT2D eigenvalue weighted by Gasteiger charge is -2.15. The van der Waals surface area contributed by atoms with E-state index in [4.69, 9.17) is 5.73 Å². The van der Waals surface area contributed by atoms with Crippen LogP contribution in [0.2, 0.25) is 0 Å². The Kier molecular flexibility index (Phi) is 4.79. The summed E-state index contributed by atoms with van der Waals surface area (Å²) in [6.45, 7) is 1.29.